The largest absolute Gasteiger partial charge is 0.399 e. The monoisotopic (exact) mass is 276 g/mol. The van der Waals surface area contributed by atoms with E-state index in [2.05, 4.69) is 0 Å². The fourth-order valence-electron chi connectivity index (χ4n) is 1.56. The number of nitrogen functional groups attached to an aromatic ring is 1. The van der Waals surface area contributed by atoms with E-state index in [4.69, 9.17) is 11.5 Å². The number of anilines is 1. The molecule has 98 valence electrons. The SMILES string of the molecule is NC(=O)c1ccc(F)c(CSc2ccc(N)cc2)c1. The summed E-state index contributed by atoms with van der Waals surface area (Å²) in [6, 6.07) is 11.5. The maximum absolute atomic E-state index is 13.6. The Morgan fingerprint density at radius 3 is 2.47 bits per heavy atom. The van der Waals surface area contributed by atoms with Crippen molar-refractivity contribution in [2.75, 3.05) is 5.73 Å². The molecule has 0 aliphatic rings. The van der Waals surface area contributed by atoms with Gasteiger partial charge in [0.15, 0.2) is 0 Å². The quantitative estimate of drug-likeness (QED) is 0.666. The number of primary amides is 1. The molecular weight excluding hydrogens is 263 g/mol. The second kappa shape index (κ2) is 5.75. The van der Waals surface area contributed by atoms with Crippen LogP contribution in [0.1, 0.15) is 15.9 Å². The van der Waals surface area contributed by atoms with Crippen LogP contribution in [0.2, 0.25) is 0 Å². The highest BCUT2D eigenvalue weighted by Crippen LogP contribution is 2.25. The van der Waals surface area contributed by atoms with Crippen molar-refractivity contribution in [3.8, 4) is 0 Å². The molecule has 1 amide bonds. The molecule has 2 rings (SSSR count). The van der Waals surface area contributed by atoms with E-state index in [1.165, 1.54) is 30.0 Å². The number of amides is 1. The van der Waals surface area contributed by atoms with Gasteiger partial charge in [-0.25, -0.2) is 4.39 Å². The van der Waals surface area contributed by atoms with Crippen molar-refractivity contribution in [3.63, 3.8) is 0 Å². The number of benzene rings is 2. The van der Waals surface area contributed by atoms with Crippen molar-refractivity contribution in [1.82, 2.24) is 0 Å². The molecule has 5 heteroatoms. The van der Waals surface area contributed by atoms with E-state index in [0.29, 0.717) is 22.6 Å². The smallest absolute Gasteiger partial charge is 0.248 e. The topological polar surface area (TPSA) is 69.1 Å². The van der Waals surface area contributed by atoms with E-state index in [0.717, 1.165) is 4.90 Å². The second-order valence-corrected chi connectivity index (χ2v) is 5.08. The van der Waals surface area contributed by atoms with Crippen LogP contribution in [0.15, 0.2) is 47.4 Å². The minimum absolute atomic E-state index is 0.314. The molecule has 3 nitrogen and oxygen atoms in total. The highest BCUT2D eigenvalue weighted by molar-refractivity contribution is 7.98. The Morgan fingerprint density at radius 1 is 1.16 bits per heavy atom. The summed E-state index contributed by atoms with van der Waals surface area (Å²) in [6.45, 7) is 0. The van der Waals surface area contributed by atoms with Gasteiger partial charge in [-0.3, -0.25) is 4.79 Å². The lowest BCUT2D eigenvalue weighted by molar-refractivity contribution is 0.1000. The fourth-order valence-corrected chi connectivity index (χ4v) is 2.44. The summed E-state index contributed by atoms with van der Waals surface area (Å²) in [5.41, 5.74) is 12.2. The highest BCUT2D eigenvalue weighted by atomic mass is 32.2. The molecule has 19 heavy (non-hydrogen) atoms. The van der Waals surface area contributed by atoms with Crippen LogP contribution < -0.4 is 11.5 Å². The van der Waals surface area contributed by atoms with E-state index < -0.39 is 5.91 Å². The molecule has 0 spiro atoms. The molecule has 0 aliphatic carbocycles. The average Bonchev–Trinajstić information content (AvgIpc) is 2.39. The Bertz CT molecular complexity index is 599. The Morgan fingerprint density at radius 2 is 1.84 bits per heavy atom. The zero-order valence-electron chi connectivity index (χ0n) is 10.1. The molecule has 0 bridgehead atoms. The summed E-state index contributed by atoms with van der Waals surface area (Å²) in [7, 11) is 0. The Labute approximate surface area is 114 Å². The van der Waals surface area contributed by atoms with Crippen LogP contribution in [0.5, 0.6) is 0 Å². The molecule has 0 aromatic heterocycles. The average molecular weight is 276 g/mol. The van der Waals surface area contributed by atoms with Gasteiger partial charge in [-0.05, 0) is 48.0 Å². The van der Waals surface area contributed by atoms with Gasteiger partial charge in [0.25, 0.3) is 0 Å². The minimum Gasteiger partial charge on any atom is -0.399 e. The summed E-state index contributed by atoms with van der Waals surface area (Å²) < 4.78 is 13.6. The predicted molar refractivity (Wildman–Crippen MR) is 75.3 cm³/mol. The maximum Gasteiger partial charge on any atom is 0.248 e. The normalized spacial score (nSPS) is 10.4. The number of carbonyl (C=O) groups is 1. The third-order valence-corrected chi connectivity index (χ3v) is 3.67. The third-order valence-electron chi connectivity index (χ3n) is 2.60. The highest BCUT2D eigenvalue weighted by Gasteiger charge is 2.07. The van der Waals surface area contributed by atoms with Gasteiger partial charge in [-0.2, -0.15) is 0 Å². The first-order valence-electron chi connectivity index (χ1n) is 5.63. The molecule has 0 heterocycles. The lowest BCUT2D eigenvalue weighted by Gasteiger charge is -2.05. The number of carbonyl (C=O) groups excluding carboxylic acids is 1. The number of rotatable bonds is 4. The molecule has 2 aromatic carbocycles. The molecule has 0 saturated carbocycles. The fraction of sp³-hybridized carbons (Fsp3) is 0.0714. The second-order valence-electron chi connectivity index (χ2n) is 4.03. The summed E-state index contributed by atoms with van der Waals surface area (Å²) >= 11 is 1.47. The van der Waals surface area contributed by atoms with Gasteiger partial charge in [0.2, 0.25) is 5.91 Å². The number of hydrogen-bond donors (Lipinski definition) is 2. The van der Waals surface area contributed by atoms with Crippen molar-refractivity contribution in [3.05, 3.63) is 59.4 Å². The van der Waals surface area contributed by atoms with E-state index in [1.54, 1.807) is 12.1 Å². The molecule has 4 N–H and O–H groups in total. The Hall–Kier alpha value is -2.01. The number of halogens is 1. The summed E-state index contributed by atoms with van der Waals surface area (Å²) in [5, 5.41) is 0. The summed E-state index contributed by atoms with van der Waals surface area (Å²) in [4.78, 5) is 12.0. The van der Waals surface area contributed by atoms with Crippen LogP contribution >= 0.6 is 11.8 Å². The molecule has 0 fully saturated rings. The van der Waals surface area contributed by atoms with Gasteiger partial charge in [0.1, 0.15) is 5.82 Å². The first kappa shape index (κ1) is 13.4. The van der Waals surface area contributed by atoms with E-state index in [1.807, 2.05) is 12.1 Å². The molecule has 0 saturated heterocycles. The molecular formula is C14H13FN2OS. The van der Waals surface area contributed by atoms with Gasteiger partial charge < -0.3 is 11.5 Å². The molecule has 0 aliphatic heterocycles. The first-order valence-corrected chi connectivity index (χ1v) is 6.61. The lowest BCUT2D eigenvalue weighted by Crippen LogP contribution is -2.11. The zero-order valence-corrected chi connectivity index (χ0v) is 10.9. The van der Waals surface area contributed by atoms with E-state index in [-0.39, 0.29) is 5.82 Å². The Balaban J connectivity index is 2.12. The van der Waals surface area contributed by atoms with E-state index >= 15 is 0 Å². The van der Waals surface area contributed by atoms with Crippen molar-refractivity contribution in [2.45, 2.75) is 10.6 Å². The Kier molecular flexibility index (Phi) is 4.06. The van der Waals surface area contributed by atoms with Crippen LogP contribution in [-0.2, 0) is 5.75 Å². The van der Waals surface area contributed by atoms with Gasteiger partial charge in [0.05, 0.1) is 0 Å². The van der Waals surface area contributed by atoms with Crippen LogP contribution in [0.25, 0.3) is 0 Å². The summed E-state index contributed by atoms with van der Waals surface area (Å²) in [5.74, 6) is -0.469. The first-order chi connectivity index (χ1) is 9.06. The molecule has 0 atom stereocenters. The number of nitrogens with two attached hydrogens (primary N) is 2. The number of hydrogen-bond acceptors (Lipinski definition) is 3. The van der Waals surface area contributed by atoms with Gasteiger partial charge in [-0.15, -0.1) is 11.8 Å². The van der Waals surface area contributed by atoms with Crippen molar-refractivity contribution in [2.24, 2.45) is 5.73 Å². The standard InChI is InChI=1S/C14H13FN2OS/c15-13-6-1-9(14(17)18)7-10(13)8-19-12-4-2-11(16)3-5-12/h1-7H,8,16H2,(H2,17,18). The van der Waals surface area contributed by atoms with Gasteiger partial charge in [0, 0.05) is 21.9 Å². The number of thioether (sulfide) groups is 1. The van der Waals surface area contributed by atoms with E-state index in [9.17, 15) is 9.18 Å². The molecule has 0 radical (unpaired) electrons. The van der Waals surface area contributed by atoms with Crippen molar-refractivity contribution >= 4 is 23.4 Å². The third kappa shape index (κ3) is 3.48. The van der Waals surface area contributed by atoms with Crippen LogP contribution in [-0.4, -0.2) is 5.91 Å². The lowest BCUT2D eigenvalue weighted by atomic mass is 10.1. The maximum atomic E-state index is 13.6. The molecule has 2 aromatic rings. The molecule has 0 unspecified atom stereocenters. The van der Waals surface area contributed by atoms with Crippen LogP contribution in [0.3, 0.4) is 0 Å². The van der Waals surface area contributed by atoms with Crippen molar-refractivity contribution < 1.29 is 9.18 Å². The van der Waals surface area contributed by atoms with Crippen LogP contribution in [0, 0.1) is 5.82 Å². The van der Waals surface area contributed by atoms with Crippen molar-refractivity contribution in [1.29, 1.82) is 0 Å². The summed E-state index contributed by atoms with van der Waals surface area (Å²) in [6.07, 6.45) is 0. The van der Waals surface area contributed by atoms with Crippen LogP contribution in [0.4, 0.5) is 10.1 Å². The van der Waals surface area contributed by atoms with Gasteiger partial charge >= 0.3 is 0 Å². The predicted octanol–water partition coefficient (Wildman–Crippen LogP) is 2.80. The zero-order chi connectivity index (χ0) is 13.8. The minimum atomic E-state index is -0.557. The van der Waals surface area contributed by atoms with Gasteiger partial charge in [-0.1, -0.05) is 0 Å².